The van der Waals surface area contributed by atoms with Crippen molar-refractivity contribution in [3.63, 3.8) is 0 Å². The van der Waals surface area contributed by atoms with Crippen molar-refractivity contribution < 1.29 is 4.74 Å². The van der Waals surface area contributed by atoms with Gasteiger partial charge in [-0.2, -0.15) is 5.26 Å². The molecule has 0 saturated heterocycles. The summed E-state index contributed by atoms with van der Waals surface area (Å²) in [7, 11) is 1.60. The Bertz CT molecular complexity index is 706. The van der Waals surface area contributed by atoms with E-state index in [2.05, 4.69) is 11.1 Å². The second-order valence-corrected chi connectivity index (χ2v) is 5.28. The van der Waals surface area contributed by atoms with Crippen molar-refractivity contribution in [1.29, 1.82) is 5.26 Å². The third-order valence-electron chi connectivity index (χ3n) is 2.89. The lowest BCUT2D eigenvalue weighted by Gasteiger charge is -2.18. The fourth-order valence-corrected chi connectivity index (χ4v) is 2.79. The van der Waals surface area contributed by atoms with E-state index >= 15 is 0 Å². The standard InChI is InChI=1S/C14H15N3O2S/c1-10(9-19-2)17-13(18)11-5-3-4-6-12(11)16-14(17)20-8-7-15/h3-6,10H,8-9H2,1-2H3. The monoisotopic (exact) mass is 289 g/mol. The first-order valence-electron chi connectivity index (χ1n) is 6.19. The number of para-hydroxylation sites is 1. The van der Waals surface area contributed by atoms with Gasteiger partial charge in [0.25, 0.3) is 5.56 Å². The zero-order chi connectivity index (χ0) is 14.5. The number of nitriles is 1. The highest BCUT2D eigenvalue weighted by Gasteiger charge is 2.16. The number of methoxy groups -OCH3 is 1. The van der Waals surface area contributed by atoms with Crippen LogP contribution >= 0.6 is 11.8 Å². The molecule has 104 valence electrons. The average Bonchev–Trinajstić information content (AvgIpc) is 2.45. The Morgan fingerprint density at radius 3 is 2.95 bits per heavy atom. The maximum absolute atomic E-state index is 12.6. The van der Waals surface area contributed by atoms with E-state index in [9.17, 15) is 4.79 Å². The minimum absolute atomic E-state index is 0.0967. The van der Waals surface area contributed by atoms with Crippen LogP contribution in [0.4, 0.5) is 0 Å². The Hall–Kier alpha value is -1.84. The summed E-state index contributed by atoms with van der Waals surface area (Å²) in [5.41, 5.74) is 0.555. The largest absolute Gasteiger partial charge is 0.383 e. The predicted molar refractivity (Wildman–Crippen MR) is 78.9 cm³/mol. The summed E-state index contributed by atoms with van der Waals surface area (Å²) in [6.45, 7) is 2.32. The number of rotatable bonds is 5. The van der Waals surface area contributed by atoms with E-state index in [1.54, 1.807) is 23.8 Å². The molecule has 1 aromatic heterocycles. The second-order valence-electron chi connectivity index (χ2n) is 4.34. The molecule has 0 aliphatic heterocycles. The molecular weight excluding hydrogens is 274 g/mol. The molecule has 0 N–H and O–H groups in total. The number of thioether (sulfide) groups is 1. The Kier molecular flexibility index (Phi) is 4.77. The van der Waals surface area contributed by atoms with Crippen molar-refractivity contribution in [2.24, 2.45) is 0 Å². The van der Waals surface area contributed by atoms with Crippen LogP contribution in [0.2, 0.25) is 0 Å². The van der Waals surface area contributed by atoms with Crippen LogP contribution in [0, 0.1) is 11.3 Å². The molecule has 1 unspecified atom stereocenters. The van der Waals surface area contributed by atoms with Crippen LogP contribution < -0.4 is 5.56 Å². The predicted octanol–water partition coefficient (Wildman–Crippen LogP) is 2.22. The van der Waals surface area contributed by atoms with Crippen LogP contribution in [-0.4, -0.2) is 29.0 Å². The van der Waals surface area contributed by atoms with Gasteiger partial charge in [0.15, 0.2) is 5.16 Å². The first kappa shape index (κ1) is 14.6. The molecule has 0 bridgehead atoms. The maximum atomic E-state index is 12.6. The molecule has 0 saturated carbocycles. The maximum Gasteiger partial charge on any atom is 0.262 e. The molecule has 2 rings (SSSR count). The van der Waals surface area contributed by atoms with Gasteiger partial charge in [-0.25, -0.2) is 4.98 Å². The highest BCUT2D eigenvalue weighted by molar-refractivity contribution is 7.99. The molecule has 2 aromatic rings. The fraction of sp³-hybridized carbons (Fsp3) is 0.357. The zero-order valence-corrected chi connectivity index (χ0v) is 12.2. The Morgan fingerprint density at radius 2 is 2.25 bits per heavy atom. The van der Waals surface area contributed by atoms with Gasteiger partial charge in [-0.05, 0) is 19.1 Å². The summed E-state index contributed by atoms with van der Waals surface area (Å²) in [5, 5.41) is 9.87. The van der Waals surface area contributed by atoms with Crippen LogP contribution in [0.25, 0.3) is 10.9 Å². The van der Waals surface area contributed by atoms with Gasteiger partial charge >= 0.3 is 0 Å². The molecule has 0 aliphatic carbocycles. The molecule has 0 spiro atoms. The smallest absolute Gasteiger partial charge is 0.262 e. The van der Waals surface area contributed by atoms with Crippen LogP contribution in [-0.2, 0) is 4.74 Å². The van der Waals surface area contributed by atoms with Crippen LogP contribution in [0.3, 0.4) is 0 Å². The molecule has 1 aromatic carbocycles. The van der Waals surface area contributed by atoms with E-state index in [1.165, 1.54) is 11.8 Å². The van der Waals surface area contributed by atoms with E-state index < -0.39 is 0 Å². The van der Waals surface area contributed by atoms with Gasteiger partial charge in [-0.1, -0.05) is 23.9 Å². The molecule has 0 fully saturated rings. The third-order valence-corrected chi connectivity index (χ3v) is 3.71. The van der Waals surface area contributed by atoms with Gasteiger partial charge in [-0.15, -0.1) is 0 Å². The van der Waals surface area contributed by atoms with Crippen molar-refractivity contribution >= 4 is 22.7 Å². The number of hydrogen-bond acceptors (Lipinski definition) is 5. The van der Waals surface area contributed by atoms with E-state index in [0.29, 0.717) is 22.7 Å². The number of nitrogens with zero attached hydrogens (tertiary/aromatic N) is 3. The molecule has 6 heteroatoms. The summed E-state index contributed by atoms with van der Waals surface area (Å²) >= 11 is 1.27. The first-order chi connectivity index (χ1) is 9.69. The van der Waals surface area contributed by atoms with Gasteiger partial charge in [0.1, 0.15) is 0 Å². The number of benzene rings is 1. The fourth-order valence-electron chi connectivity index (χ4n) is 2.03. The van der Waals surface area contributed by atoms with Crippen LogP contribution in [0.15, 0.2) is 34.2 Å². The quantitative estimate of drug-likeness (QED) is 0.623. The average molecular weight is 289 g/mol. The Balaban J connectivity index is 2.64. The molecule has 20 heavy (non-hydrogen) atoms. The summed E-state index contributed by atoms with van der Waals surface area (Å²) in [4.78, 5) is 17.1. The summed E-state index contributed by atoms with van der Waals surface area (Å²) < 4.78 is 6.73. The van der Waals surface area contributed by atoms with Crippen LogP contribution in [0.5, 0.6) is 0 Å². The van der Waals surface area contributed by atoms with E-state index in [0.717, 1.165) is 0 Å². The zero-order valence-electron chi connectivity index (χ0n) is 11.4. The molecule has 1 heterocycles. The lowest BCUT2D eigenvalue weighted by Crippen LogP contribution is -2.28. The number of fused-ring (bicyclic) bond motifs is 1. The highest BCUT2D eigenvalue weighted by atomic mass is 32.2. The van der Waals surface area contributed by atoms with E-state index in [4.69, 9.17) is 10.00 Å². The van der Waals surface area contributed by atoms with Gasteiger partial charge in [0, 0.05) is 7.11 Å². The van der Waals surface area contributed by atoms with Gasteiger partial charge in [0.05, 0.1) is 35.4 Å². The van der Waals surface area contributed by atoms with E-state index in [1.807, 2.05) is 19.1 Å². The number of ether oxygens (including phenoxy) is 1. The minimum atomic E-state index is -0.134. The van der Waals surface area contributed by atoms with Crippen molar-refractivity contribution in [2.45, 2.75) is 18.1 Å². The molecule has 5 nitrogen and oxygen atoms in total. The third kappa shape index (κ3) is 2.84. The Labute approximate surface area is 121 Å². The minimum Gasteiger partial charge on any atom is -0.383 e. The van der Waals surface area contributed by atoms with Crippen LogP contribution in [0.1, 0.15) is 13.0 Å². The number of hydrogen-bond donors (Lipinski definition) is 0. The van der Waals surface area contributed by atoms with Crippen molar-refractivity contribution in [1.82, 2.24) is 9.55 Å². The van der Waals surface area contributed by atoms with Crippen molar-refractivity contribution in [2.75, 3.05) is 19.5 Å². The van der Waals surface area contributed by atoms with Gasteiger partial charge in [-0.3, -0.25) is 9.36 Å². The van der Waals surface area contributed by atoms with Crippen molar-refractivity contribution in [3.05, 3.63) is 34.6 Å². The lowest BCUT2D eigenvalue weighted by atomic mass is 10.2. The topological polar surface area (TPSA) is 67.9 Å². The summed E-state index contributed by atoms with van der Waals surface area (Å²) in [5.74, 6) is 0.254. The summed E-state index contributed by atoms with van der Waals surface area (Å²) in [6, 6.07) is 9.15. The molecule has 1 atom stereocenters. The highest BCUT2D eigenvalue weighted by Crippen LogP contribution is 2.20. The van der Waals surface area contributed by atoms with Gasteiger partial charge < -0.3 is 4.74 Å². The van der Waals surface area contributed by atoms with E-state index in [-0.39, 0.29) is 17.4 Å². The molecular formula is C14H15N3O2S. The molecule has 0 radical (unpaired) electrons. The van der Waals surface area contributed by atoms with Crippen molar-refractivity contribution in [3.8, 4) is 6.07 Å². The first-order valence-corrected chi connectivity index (χ1v) is 7.17. The number of aromatic nitrogens is 2. The Morgan fingerprint density at radius 1 is 1.50 bits per heavy atom. The van der Waals surface area contributed by atoms with Gasteiger partial charge in [0.2, 0.25) is 0 Å². The normalized spacial score (nSPS) is 12.2. The summed E-state index contributed by atoms with van der Waals surface area (Å²) in [6.07, 6.45) is 0. The second kappa shape index (κ2) is 6.55. The molecule has 0 amide bonds. The molecule has 0 aliphatic rings. The lowest BCUT2D eigenvalue weighted by molar-refractivity contribution is 0.156. The SMILES string of the molecule is COCC(C)n1c(SCC#N)nc2ccccc2c1=O.